The molecule has 5 aromatic carbocycles. The van der Waals surface area contributed by atoms with Gasteiger partial charge in [-0.15, -0.1) is 51.0 Å². The number of aryl methyl sites for hydroxylation is 3. The summed E-state index contributed by atoms with van der Waals surface area (Å²) in [6.07, 6.45) is 3.29. The number of nitrogens with zero attached hydrogens (tertiary/aromatic N) is 28. The van der Waals surface area contributed by atoms with E-state index in [2.05, 4.69) is 129 Å². The number of anilines is 2. The van der Waals surface area contributed by atoms with Gasteiger partial charge in [-0.3, -0.25) is 15.1 Å². The molecule has 36 heteroatoms. The third-order valence-electron chi connectivity index (χ3n) is 10.9. The molecule has 8 aromatic heterocycles. The van der Waals surface area contributed by atoms with E-state index >= 15 is 0 Å². The van der Waals surface area contributed by atoms with Crippen LogP contribution in [0.4, 0.5) is 17.1 Å². The number of pyridine rings is 1. The highest BCUT2D eigenvalue weighted by Crippen LogP contribution is 2.21. The Labute approximate surface area is 480 Å². The monoisotopic (exact) mass is 1150 g/mol. The van der Waals surface area contributed by atoms with Crippen molar-refractivity contribution in [2.45, 2.75) is 27.3 Å². The van der Waals surface area contributed by atoms with Gasteiger partial charge in [0.05, 0.1) is 10.6 Å². The van der Waals surface area contributed by atoms with Gasteiger partial charge in [0.2, 0.25) is 17.5 Å². The Balaban J connectivity index is 0.000000143. The molecule has 0 saturated carbocycles. The first-order chi connectivity index (χ1) is 41.4. The molecule has 0 saturated heterocycles. The number of hydrogen-bond acceptors (Lipinski definition) is 28. The van der Waals surface area contributed by atoms with E-state index in [9.17, 15) is 10.1 Å². The van der Waals surface area contributed by atoms with Gasteiger partial charge in [-0.2, -0.15) is 29.7 Å². The number of tetrazole rings is 7. The summed E-state index contributed by atoms with van der Waals surface area (Å²) in [6, 6.07) is 44.2. The van der Waals surface area contributed by atoms with E-state index in [1.807, 2.05) is 136 Å². The molecule has 0 aliphatic heterocycles. The summed E-state index contributed by atoms with van der Waals surface area (Å²) >= 11 is 0. The zero-order valence-corrected chi connectivity index (χ0v) is 45.7. The van der Waals surface area contributed by atoms with E-state index in [1.165, 1.54) is 21.5 Å². The Kier molecular flexibility index (Phi) is 22.3. The molecule has 0 spiro atoms. The topological polar surface area (TPSA) is 464 Å². The number of para-hydroxylation sites is 1. The predicted molar refractivity (Wildman–Crippen MR) is 300 cm³/mol. The Morgan fingerprint density at radius 1 is 0.529 bits per heavy atom. The molecule has 7 N–H and O–H groups in total. The van der Waals surface area contributed by atoms with Crippen molar-refractivity contribution in [3.05, 3.63) is 180 Å². The molecule has 36 nitrogen and oxygen atoms in total. The number of nitrogens with two attached hydrogens (primary N) is 1. The number of hydrogen-bond donors (Lipinski definition) is 6. The molecule has 13 aromatic rings. The van der Waals surface area contributed by atoms with Gasteiger partial charge in [0.15, 0.2) is 17.5 Å². The van der Waals surface area contributed by atoms with Gasteiger partial charge in [0.25, 0.3) is 5.69 Å². The van der Waals surface area contributed by atoms with E-state index in [-0.39, 0.29) is 19.1 Å². The lowest BCUT2D eigenvalue weighted by atomic mass is 10.2. The van der Waals surface area contributed by atoms with Crippen LogP contribution in [0.1, 0.15) is 11.6 Å². The van der Waals surface area contributed by atoms with Crippen LogP contribution in [0.5, 0.6) is 0 Å². The number of H-pyrrole nitrogens is 3. The fraction of sp³-hybridized carbons (Fsp3) is 0.143. The highest BCUT2D eigenvalue weighted by molar-refractivity contribution is 5.61. The number of aliphatic hydroxyl groups is 2. The molecule has 0 aliphatic carbocycles. The summed E-state index contributed by atoms with van der Waals surface area (Å²) < 4.78 is 5.94. The smallest absolute Gasteiger partial charge is 0.270 e. The first-order valence-electron chi connectivity index (χ1n) is 24.7. The number of nitro groups is 1. The molecule has 0 fully saturated rings. The van der Waals surface area contributed by atoms with Crippen molar-refractivity contribution in [2.24, 2.45) is 7.05 Å². The third-order valence-corrected chi connectivity index (χ3v) is 10.9. The van der Waals surface area contributed by atoms with Gasteiger partial charge >= 0.3 is 0 Å². The SMILES string of the molecule is CN(C)c1ccc(-c2nn[nH]n2)cc1.Cc1nnnn1-c1ccccc1.Cc1nnnn1C.Nc1cccc(-c2nn[nH]n2)c1.O=[N+]([O-])c1cccc(-c2nn[nH]n2)c1.OCn1nnnc1-c1ccccc1.OCn1nnnc1-c1ccncc1. The summed E-state index contributed by atoms with van der Waals surface area (Å²) in [6.45, 7) is 3.27. The van der Waals surface area contributed by atoms with Crippen LogP contribution in [0.25, 0.3) is 62.6 Å². The van der Waals surface area contributed by atoms with Gasteiger partial charge < -0.3 is 20.8 Å². The minimum absolute atomic E-state index is 0.00676. The number of aromatic amines is 3. The second-order valence-electron chi connectivity index (χ2n) is 16.8. The molecular formula is C49H52N32O4. The van der Waals surface area contributed by atoms with Gasteiger partial charge in [-0.1, -0.05) is 72.8 Å². The van der Waals surface area contributed by atoms with Crippen molar-refractivity contribution < 1.29 is 15.1 Å². The average molecular weight is 1150 g/mol. The maximum atomic E-state index is 10.5. The molecule has 13 rings (SSSR count). The lowest BCUT2D eigenvalue weighted by Crippen LogP contribution is -2.07. The van der Waals surface area contributed by atoms with E-state index in [0.717, 1.165) is 45.3 Å². The van der Waals surface area contributed by atoms with Crippen molar-refractivity contribution >= 4 is 17.1 Å². The standard InChI is InChI=1S/C9H11N5.C8H8N4O.C8H8N4.C7H5N5O2.C7H7N5O.C7H7N5.C3H6N4/c1-14(2)8-5-3-7(4-6-8)9-10-12-13-11-9;13-6-12-8(9-10-11-12)7-4-2-1-3-5-7;1-7-9-10-11-12(7)8-5-3-2-4-6-8;13-12(14)6-3-1-2-5(4-6)7-8-10-11-9-7;13-5-12-7(9-10-11-12)6-1-3-8-4-2-6;8-6-3-1-2-5(4-6)7-9-11-12-10-7;1-3-4-5-6-7(3)2/h3-6H,1-2H3,(H,10,11,12,13);1-5,13H,6H2;2-6H,1H3;1-4H,(H,8,9,10,11);1-4,13H,5H2;1-4H,8H2,(H,9,10,11,12);1-2H3. The zero-order valence-electron chi connectivity index (χ0n) is 45.7. The zero-order chi connectivity index (χ0) is 60.2. The first kappa shape index (κ1) is 60.3. The molecule has 0 amide bonds. The Hall–Kier alpha value is -12.3. The third kappa shape index (κ3) is 18.1. The van der Waals surface area contributed by atoms with Crippen LogP contribution in [0.2, 0.25) is 0 Å². The number of nitro benzene ring substituents is 1. The number of nitrogen functional groups attached to an aromatic ring is 1. The summed E-state index contributed by atoms with van der Waals surface area (Å²) in [5.41, 5.74) is 12.5. The minimum Gasteiger partial charge on any atom is -0.399 e. The maximum Gasteiger partial charge on any atom is 0.270 e. The average Bonchev–Trinajstić information content (AvgIpc) is 4.61. The highest BCUT2D eigenvalue weighted by Gasteiger charge is 2.11. The van der Waals surface area contributed by atoms with Crippen LogP contribution >= 0.6 is 0 Å². The Morgan fingerprint density at radius 3 is 1.46 bits per heavy atom. The van der Waals surface area contributed by atoms with Gasteiger partial charge in [0, 0.05) is 84.9 Å². The minimum atomic E-state index is -0.469. The Bertz CT molecular complexity index is 3840. The molecule has 0 unspecified atom stereocenters. The fourth-order valence-corrected chi connectivity index (χ4v) is 6.61. The normalized spacial score (nSPS) is 10.1. The molecule has 8 heterocycles. The molecule has 0 atom stereocenters. The maximum absolute atomic E-state index is 10.5. The van der Waals surface area contributed by atoms with Gasteiger partial charge in [0.1, 0.15) is 19.3 Å². The van der Waals surface area contributed by atoms with E-state index in [0.29, 0.717) is 40.4 Å². The number of nitrogens with one attached hydrogen (secondary N) is 3. The summed E-state index contributed by atoms with van der Waals surface area (Å²) in [4.78, 5) is 15.9. The van der Waals surface area contributed by atoms with Crippen LogP contribution in [-0.4, -0.2) is 177 Å². The number of rotatable bonds is 10. The summed E-state index contributed by atoms with van der Waals surface area (Å²) in [5.74, 6) is 4.25. The van der Waals surface area contributed by atoms with Crippen LogP contribution in [0.15, 0.2) is 158 Å². The molecule has 0 radical (unpaired) electrons. The first-order valence-corrected chi connectivity index (χ1v) is 24.7. The molecule has 432 valence electrons. The van der Waals surface area contributed by atoms with Crippen molar-refractivity contribution in [2.75, 3.05) is 24.7 Å². The quantitative estimate of drug-likeness (QED) is 0.0651. The second kappa shape index (κ2) is 31.5. The molecule has 85 heavy (non-hydrogen) atoms. The van der Waals surface area contributed by atoms with Crippen molar-refractivity contribution in [1.29, 1.82) is 0 Å². The van der Waals surface area contributed by atoms with E-state index in [1.54, 1.807) is 59.1 Å². The van der Waals surface area contributed by atoms with Crippen LogP contribution in [0.3, 0.4) is 0 Å². The largest absolute Gasteiger partial charge is 0.399 e. The molecule has 0 aliphatic rings. The lowest BCUT2D eigenvalue weighted by molar-refractivity contribution is -0.384. The summed E-state index contributed by atoms with van der Waals surface area (Å²) in [5, 5.41) is 112. The Morgan fingerprint density at radius 2 is 1.01 bits per heavy atom. The van der Waals surface area contributed by atoms with Crippen molar-refractivity contribution in [1.82, 2.24) is 148 Å². The number of non-ortho nitro benzene ring substituents is 1. The van der Waals surface area contributed by atoms with Crippen LogP contribution in [0, 0.1) is 24.0 Å². The highest BCUT2D eigenvalue weighted by atomic mass is 16.6. The lowest BCUT2D eigenvalue weighted by Gasteiger charge is -2.11. The second-order valence-corrected chi connectivity index (χ2v) is 16.8. The van der Waals surface area contributed by atoms with Crippen LogP contribution < -0.4 is 10.6 Å². The van der Waals surface area contributed by atoms with Gasteiger partial charge in [-0.25, -0.2) is 4.68 Å². The van der Waals surface area contributed by atoms with Crippen molar-refractivity contribution in [3.8, 4) is 62.6 Å². The number of aromatic nitrogens is 29. The van der Waals surface area contributed by atoms with Crippen LogP contribution in [-0.2, 0) is 20.5 Å². The van der Waals surface area contributed by atoms with Crippen molar-refractivity contribution in [3.63, 3.8) is 0 Å². The molecular weight excluding hydrogens is 1100 g/mol. The fourth-order valence-electron chi connectivity index (χ4n) is 6.61. The number of aliphatic hydroxyl groups excluding tert-OH is 2. The predicted octanol–water partition coefficient (Wildman–Crippen LogP) is 2.62. The van der Waals surface area contributed by atoms with E-state index < -0.39 is 4.92 Å². The number of benzene rings is 5. The summed E-state index contributed by atoms with van der Waals surface area (Å²) in [7, 11) is 5.81. The van der Waals surface area contributed by atoms with E-state index in [4.69, 9.17) is 15.9 Å². The molecule has 0 bridgehead atoms. The van der Waals surface area contributed by atoms with Gasteiger partial charge in [-0.05, 0) is 132 Å².